The van der Waals surface area contributed by atoms with Gasteiger partial charge in [-0.3, -0.25) is 9.59 Å². The lowest BCUT2D eigenvalue weighted by Crippen LogP contribution is -2.25. The van der Waals surface area contributed by atoms with E-state index in [0.29, 0.717) is 46.5 Å². The van der Waals surface area contributed by atoms with Crippen LogP contribution in [0.2, 0.25) is 5.02 Å². The van der Waals surface area contributed by atoms with E-state index in [2.05, 4.69) is 15.8 Å². The van der Waals surface area contributed by atoms with Crippen molar-refractivity contribution in [2.45, 2.75) is 12.8 Å². The number of hydrogen-bond donors (Lipinski definition) is 2. The van der Waals surface area contributed by atoms with Crippen LogP contribution in [0.5, 0.6) is 11.5 Å². The van der Waals surface area contributed by atoms with Crippen LogP contribution in [0, 0.1) is 0 Å². The van der Waals surface area contributed by atoms with Gasteiger partial charge in [0.1, 0.15) is 11.5 Å². The summed E-state index contributed by atoms with van der Waals surface area (Å²) in [5.74, 6) is 1.02. The van der Waals surface area contributed by atoms with Crippen molar-refractivity contribution in [1.29, 1.82) is 0 Å². The summed E-state index contributed by atoms with van der Waals surface area (Å²) >= 11 is 5.82. The molecule has 2 N–H and O–H groups in total. The minimum Gasteiger partial charge on any atom is -0.497 e. The lowest BCUT2D eigenvalue weighted by Gasteiger charge is -2.07. The molecule has 3 rings (SSSR count). The Bertz CT molecular complexity index is 1050. The van der Waals surface area contributed by atoms with Crippen molar-refractivity contribution in [3.63, 3.8) is 0 Å². The largest absolute Gasteiger partial charge is 0.497 e. The third kappa shape index (κ3) is 5.99. The average Bonchev–Trinajstić information content (AvgIpc) is 3.28. The Hall–Kier alpha value is -3.52. The molecule has 1 heterocycles. The molecule has 0 aliphatic heterocycles. The van der Waals surface area contributed by atoms with Gasteiger partial charge < -0.3 is 24.6 Å². The highest BCUT2D eigenvalue weighted by molar-refractivity contribution is 6.30. The minimum atomic E-state index is -0.394. The predicted octanol–water partition coefficient (Wildman–Crippen LogP) is 4.16. The first-order chi connectivity index (χ1) is 15.0. The van der Waals surface area contributed by atoms with Crippen LogP contribution in [0.3, 0.4) is 0 Å². The molecule has 9 heteroatoms. The van der Waals surface area contributed by atoms with E-state index in [4.69, 9.17) is 25.6 Å². The van der Waals surface area contributed by atoms with E-state index in [1.54, 1.807) is 56.7 Å². The molecule has 162 valence electrons. The molecule has 0 aliphatic carbocycles. The molecule has 1 aromatic heterocycles. The molecule has 31 heavy (non-hydrogen) atoms. The number of carbonyl (C=O) groups excluding carboxylic acids is 2. The third-order valence-electron chi connectivity index (χ3n) is 4.41. The summed E-state index contributed by atoms with van der Waals surface area (Å²) in [6.45, 7) is 0.317. The van der Waals surface area contributed by atoms with Crippen molar-refractivity contribution in [2.24, 2.45) is 0 Å². The van der Waals surface area contributed by atoms with Crippen LogP contribution < -0.4 is 20.1 Å². The molecule has 0 radical (unpaired) electrons. The van der Waals surface area contributed by atoms with Crippen molar-refractivity contribution in [3.8, 4) is 22.8 Å². The zero-order valence-corrected chi connectivity index (χ0v) is 17.9. The number of benzene rings is 2. The molecule has 0 spiro atoms. The maximum atomic E-state index is 12.3. The van der Waals surface area contributed by atoms with Gasteiger partial charge in [-0.25, -0.2) is 0 Å². The van der Waals surface area contributed by atoms with Crippen LogP contribution in [0.1, 0.15) is 23.3 Å². The lowest BCUT2D eigenvalue weighted by atomic mass is 10.1. The van der Waals surface area contributed by atoms with Gasteiger partial charge in [0.15, 0.2) is 11.5 Å². The van der Waals surface area contributed by atoms with Crippen molar-refractivity contribution in [3.05, 3.63) is 59.2 Å². The highest BCUT2D eigenvalue weighted by Crippen LogP contribution is 2.33. The van der Waals surface area contributed by atoms with Crippen molar-refractivity contribution in [2.75, 3.05) is 26.1 Å². The molecular weight excluding hydrogens is 422 g/mol. The lowest BCUT2D eigenvalue weighted by molar-refractivity contribution is -0.116. The van der Waals surface area contributed by atoms with Gasteiger partial charge in [0, 0.05) is 29.7 Å². The third-order valence-corrected chi connectivity index (χ3v) is 4.66. The number of aromatic nitrogens is 1. The van der Waals surface area contributed by atoms with Crippen LogP contribution in [-0.2, 0) is 4.79 Å². The van der Waals surface area contributed by atoms with Crippen LogP contribution in [0.25, 0.3) is 11.3 Å². The van der Waals surface area contributed by atoms with Gasteiger partial charge in [0.2, 0.25) is 5.91 Å². The first-order valence-corrected chi connectivity index (χ1v) is 9.90. The fourth-order valence-corrected chi connectivity index (χ4v) is 2.94. The van der Waals surface area contributed by atoms with Crippen LogP contribution >= 0.6 is 11.6 Å². The van der Waals surface area contributed by atoms with Crippen LogP contribution in [0.4, 0.5) is 5.69 Å². The second kappa shape index (κ2) is 10.5. The Morgan fingerprint density at radius 2 is 1.84 bits per heavy atom. The van der Waals surface area contributed by atoms with Gasteiger partial charge in [0.05, 0.1) is 19.8 Å². The zero-order valence-electron chi connectivity index (χ0n) is 17.1. The van der Waals surface area contributed by atoms with Gasteiger partial charge in [-0.2, -0.15) is 0 Å². The molecule has 0 saturated carbocycles. The van der Waals surface area contributed by atoms with Crippen molar-refractivity contribution >= 4 is 29.1 Å². The number of rotatable bonds is 9. The van der Waals surface area contributed by atoms with E-state index < -0.39 is 5.91 Å². The molecule has 0 unspecified atom stereocenters. The normalized spacial score (nSPS) is 10.4. The Balaban J connectivity index is 1.50. The summed E-state index contributed by atoms with van der Waals surface area (Å²) in [5, 5.41) is 9.92. The highest BCUT2D eigenvalue weighted by atomic mass is 35.5. The van der Waals surface area contributed by atoms with E-state index in [1.807, 2.05) is 0 Å². The molecule has 0 fully saturated rings. The molecule has 0 atom stereocenters. The van der Waals surface area contributed by atoms with Gasteiger partial charge in [-0.05, 0) is 48.9 Å². The summed E-state index contributed by atoms with van der Waals surface area (Å²) in [6.07, 6.45) is 0.730. The monoisotopic (exact) mass is 443 g/mol. The summed E-state index contributed by atoms with van der Waals surface area (Å²) in [6, 6.07) is 13.6. The molecule has 0 saturated heterocycles. The number of carbonyl (C=O) groups is 2. The molecular formula is C22H22ClN3O5. The highest BCUT2D eigenvalue weighted by Gasteiger charge is 2.17. The quantitative estimate of drug-likeness (QED) is 0.481. The van der Waals surface area contributed by atoms with E-state index in [-0.39, 0.29) is 18.0 Å². The predicted molar refractivity (Wildman–Crippen MR) is 117 cm³/mol. The number of halogens is 1. The molecule has 2 amide bonds. The summed E-state index contributed by atoms with van der Waals surface area (Å²) < 4.78 is 15.9. The van der Waals surface area contributed by atoms with Crippen molar-refractivity contribution < 1.29 is 23.6 Å². The summed E-state index contributed by atoms with van der Waals surface area (Å²) in [7, 11) is 3.10. The minimum absolute atomic E-state index is 0.130. The first-order valence-electron chi connectivity index (χ1n) is 9.53. The number of nitrogens with one attached hydrogen (secondary N) is 2. The van der Waals surface area contributed by atoms with Crippen LogP contribution in [-0.4, -0.2) is 37.7 Å². The Morgan fingerprint density at radius 1 is 1.06 bits per heavy atom. The van der Waals surface area contributed by atoms with E-state index in [9.17, 15) is 9.59 Å². The Labute approximate surface area is 184 Å². The maximum Gasteiger partial charge on any atom is 0.273 e. The molecule has 8 nitrogen and oxygen atoms in total. The van der Waals surface area contributed by atoms with E-state index in [0.717, 1.165) is 0 Å². The summed E-state index contributed by atoms with van der Waals surface area (Å²) in [4.78, 5) is 24.3. The summed E-state index contributed by atoms with van der Waals surface area (Å²) in [5.41, 5.74) is 1.42. The fraction of sp³-hybridized carbons (Fsp3) is 0.227. The number of amides is 2. The van der Waals surface area contributed by atoms with Gasteiger partial charge in [-0.15, -0.1) is 0 Å². The SMILES string of the molecule is COc1ccc(OC)c(-c2cc(C(=O)NCCCC(=O)Nc3ccc(Cl)cc3)no2)c1. The van der Waals surface area contributed by atoms with Crippen molar-refractivity contribution in [1.82, 2.24) is 10.5 Å². The molecule has 0 bridgehead atoms. The van der Waals surface area contributed by atoms with E-state index in [1.165, 1.54) is 6.07 Å². The topological polar surface area (TPSA) is 103 Å². The van der Waals surface area contributed by atoms with Gasteiger partial charge in [-0.1, -0.05) is 16.8 Å². The number of anilines is 1. The first kappa shape index (κ1) is 22.2. The smallest absolute Gasteiger partial charge is 0.273 e. The average molecular weight is 444 g/mol. The number of methoxy groups -OCH3 is 2. The zero-order chi connectivity index (χ0) is 22.2. The number of hydrogen-bond acceptors (Lipinski definition) is 6. The Morgan fingerprint density at radius 3 is 2.55 bits per heavy atom. The Kier molecular flexibility index (Phi) is 7.50. The van der Waals surface area contributed by atoms with Crippen LogP contribution in [0.15, 0.2) is 53.1 Å². The molecule has 0 aliphatic rings. The fourth-order valence-electron chi connectivity index (χ4n) is 2.81. The second-order valence-electron chi connectivity index (χ2n) is 6.56. The number of ether oxygens (including phenoxy) is 2. The van der Waals surface area contributed by atoms with Gasteiger partial charge in [0.25, 0.3) is 5.91 Å². The van der Waals surface area contributed by atoms with E-state index >= 15 is 0 Å². The number of nitrogens with zero attached hydrogens (tertiary/aromatic N) is 1. The van der Waals surface area contributed by atoms with Gasteiger partial charge >= 0.3 is 0 Å². The maximum absolute atomic E-state index is 12.3. The molecule has 3 aromatic rings. The second-order valence-corrected chi connectivity index (χ2v) is 6.99. The standard InChI is InChI=1S/C22H22ClN3O5/c1-29-16-9-10-19(30-2)17(12-16)20-13-18(26-31-20)22(28)24-11-3-4-21(27)25-15-7-5-14(23)6-8-15/h5-10,12-13H,3-4,11H2,1-2H3,(H,24,28)(H,25,27). The molecule has 2 aromatic carbocycles.